The fourth-order valence-electron chi connectivity index (χ4n) is 2.39. The van der Waals surface area contributed by atoms with Crippen LogP contribution in [-0.2, 0) is 0 Å². The van der Waals surface area contributed by atoms with Crippen LogP contribution in [0.3, 0.4) is 0 Å². The normalized spacial score (nSPS) is 13.2. The second-order valence-corrected chi connectivity index (χ2v) is 5.07. The van der Waals surface area contributed by atoms with E-state index in [2.05, 4.69) is 25.7 Å². The van der Waals surface area contributed by atoms with E-state index in [1.165, 1.54) is 57.9 Å². The Morgan fingerprint density at radius 1 is 0.882 bits per heavy atom. The summed E-state index contributed by atoms with van der Waals surface area (Å²) in [6.07, 6.45) is 10.7. The van der Waals surface area contributed by atoms with Crippen LogP contribution in [0.5, 0.6) is 0 Å². The molecule has 0 aromatic carbocycles. The van der Waals surface area contributed by atoms with Crippen LogP contribution in [0.15, 0.2) is 0 Å². The van der Waals surface area contributed by atoms with Gasteiger partial charge in [0.15, 0.2) is 0 Å². The number of nitrogens with zero attached hydrogens (tertiary/aromatic N) is 1. The van der Waals surface area contributed by atoms with E-state index in [4.69, 9.17) is 5.73 Å². The molecule has 0 saturated heterocycles. The van der Waals surface area contributed by atoms with E-state index >= 15 is 0 Å². The van der Waals surface area contributed by atoms with Crippen LogP contribution in [0.25, 0.3) is 0 Å². The zero-order valence-electron chi connectivity index (χ0n) is 12.4. The summed E-state index contributed by atoms with van der Waals surface area (Å²) in [6.45, 7) is 9.99. The Hall–Kier alpha value is -0.0800. The van der Waals surface area contributed by atoms with E-state index in [1.807, 2.05) is 0 Å². The maximum absolute atomic E-state index is 5.92. The first-order valence-electron chi connectivity index (χ1n) is 7.74. The van der Waals surface area contributed by atoms with Gasteiger partial charge in [0.25, 0.3) is 0 Å². The standard InChI is InChI=1S/C15H34N2/c1-4-7-9-10-11-12-15(14-16)17(6-3)13-8-5-2/h15H,4-14,16H2,1-3H3. The molecule has 2 N–H and O–H groups in total. The van der Waals surface area contributed by atoms with Gasteiger partial charge in [-0.15, -0.1) is 0 Å². The first-order valence-corrected chi connectivity index (χ1v) is 7.74. The Bertz CT molecular complexity index is 148. The molecule has 0 aliphatic rings. The van der Waals surface area contributed by atoms with Crippen molar-refractivity contribution in [3.63, 3.8) is 0 Å². The highest BCUT2D eigenvalue weighted by atomic mass is 15.2. The van der Waals surface area contributed by atoms with Gasteiger partial charge in [0.05, 0.1) is 0 Å². The molecule has 2 nitrogen and oxygen atoms in total. The third-order valence-electron chi connectivity index (χ3n) is 3.63. The Balaban J connectivity index is 3.77. The fraction of sp³-hybridized carbons (Fsp3) is 1.00. The molecular weight excluding hydrogens is 208 g/mol. The van der Waals surface area contributed by atoms with Crippen LogP contribution in [0.1, 0.15) is 72.1 Å². The summed E-state index contributed by atoms with van der Waals surface area (Å²) in [6, 6.07) is 0.619. The summed E-state index contributed by atoms with van der Waals surface area (Å²) >= 11 is 0. The van der Waals surface area contributed by atoms with Gasteiger partial charge in [-0.3, -0.25) is 4.90 Å². The number of rotatable bonds is 12. The first kappa shape index (κ1) is 16.9. The van der Waals surface area contributed by atoms with Gasteiger partial charge in [0.1, 0.15) is 0 Å². The summed E-state index contributed by atoms with van der Waals surface area (Å²) in [7, 11) is 0. The molecule has 0 aromatic rings. The van der Waals surface area contributed by atoms with Crippen molar-refractivity contribution in [3.05, 3.63) is 0 Å². The summed E-state index contributed by atoms with van der Waals surface area (Å²) in [4.78, 5) is 2.57. The maximum Gasteiger partial charge on any atom is 0.0218 e. The highest BCUT2D eigenvalue weighted by molar-refractivity contribution is 4.71. The molecule has 0 aromatic heterocycles. The van der Waals surface area contributed by atoms with Crippen molar-refractivity contribution in [2.45, 2.75) is 78.2 Å². The van der Waals surface area contributed by atoms with Gasteiger partial charge in [-0.05, 0) is 25.9 Å². The summed E-state index contributed by atoms with van der Waals surface area (Å²) in [5.41, 5.74) is 5.92. The molecule has 0 aliphatic heterocycles. The number of nitrogens with two attached hydrogens (primary N) is 1. The lowest BCUT2D eigenvalue weighted by molar-refractivity contribution is 0.194. The molecule has 0 radical (unpaired) electrons. The van der Waals surface area contributed by atoms with Gasteiger partial charge >= 0.3 is 0 Å². The SMILES string of the molecule is CCCCCCCC(CN)N(CC)CCCC. The van der Waals surface area contributed by atoms with Crippen molar-refractivity contribution >= 4 is 0 Å². The number of hydrogen-bond acceptors (Lipinski definition) is 2. The Labute approximate surface area is 109 Å². The third-order valence-corrected chi connectivity index (χ3v) is 3.63. The Morgan fingerprint density at radius 2 is 1.53 bits per heavy atom. The van der Waals surface area contributed by atoms with Crippen LogP contribution < -0.4 is 5.73 Å². The molecule has 0 amide bonds. The zero-order valence-corrected chi connectivity index (χ0v) is 12.4. The Kier molecular flexibility index (Phi) is 12.3. The van der Waals surface area contributed by atoms with Crippen LogP contribution in [0, 0.1) is 0 Å². The van der Waals surface area contributed by atoms with Crippen LogP contribution in [0.4, 0.5) is 0 Å². The molecule has 0 bridgehead atoms. The maximum atomic E-state index is 5.92. The van der Waals surface area contributed by atoms with Gasteiger partial charge in [-0.2, -0.15) is 0 Å². The molecule has 0 saturated carbocycles. The van der Waals surface area contributed by atoms with E-state index in [-0.39, 0.29) is 0 Å². The van der Waals surface area contributed by atoms with Crippen molar-refractivity contribution in [2.24, 2.45) is 5.73 Å². The predicted octanol–water partition coefficient (Wildman–Crippen LogP) is 3.80. The van der Waals surface area contributed by atoms with Crippen molar-refractivity contribution in [3.8, 4) is 0 Å². The van der Waals surface area contributed by atoms with E-state index in [0.29, 0.717) is 6.04 Å². The van der Waals surface area contributed by atoms with Gasteiger partial charge < -0.3 is 5.73 Å². The van der Waals surface area contributed by atoms with Gasteiger partial charge in [-0.25, -0.2) is 0 Å². The molecule has 104 valence electrons. The summed E-state index contributed by atoms with van der Waals surface area (Å²) in [5.74, 6) is 0. The minimum atomic E-state index is 0.619. The molecule has 1 unspecified atom stereocenters. The lowest BCUT2D eigenvalue weighted by atomic mass is 10.0. The van der Waals surface area contributed by atoms with Crippen LogP contribution in [0.2, 0.25) is 0 Å². The quantitative estimate of drug-likeness (QED) is 0.528. The second kappa shape index (κ2) is 12.4. The second-order valence-electron chi connectivity index (χ2n) is 5.07. The Morgan fingerprint density at radius 3 is 2.06 bits per heavy atom. The molecule has 0 heterocycles. The third kappa shape index (κ3) is 8.62. The molecule has 0 aliphatic carbocycles. The summed E-state index contributed by atoms with van der Waals surface area (Å²) in [5, 5.41) is 0. The van der Waals surface area contributed by atoms with E-state index in [9.17, 15) is 0 Å². The van der Waals surface area contributed by atoms with Crippen LogP contribution in [-0.4, -0.2) is 30.6 Å². The predicted molar refractivity (Wildman–Crippen MR) is 78.4 cm³/mol. The fourth-order valence-corrected chi connectivity index (χ4v) is 2.39. The van der Waals surface area contributed by atoms with Gasteiger partial charge in [0.2, 0.25) is 0 Å². The molecular formula is C15H34N2. The van der Waals surface area contributed by atoms with Crippen molar-refractivity contribution in [1.82, 2.24) is 4.90 Å². The molecule has 1 atom stereocenters. The van der Waals surface area contributed by atoms with E-state index < -0.39 is 0 Å². The number of likely N-dealkylation sites (N-methyl/N-ethyl adjacent to an activating group) is 1. The minimum absolute atomic E-state index is 0.619. The van der Waals surface area contributed by atoms with Crippen LogP contribution >= 0.6 is 0 Å². The average molecular weight is 242 g/mol. The van der Waals surface area contributed by atoms with Gasteiger partial charge in [0, 0.05) is 12.6 Å². The largest absolute Gasteiger partial charge is 0.329 e. The summed E-state index contributed by atoms with van der Waals surface area (Å²) < 4.78 is 0. The molecule has 0 fully saturated rings. The average Bonchev–Trinajstić information content (AvgIpc) is 2.36. The number of hydrogen-bond donors (Lipinski definition) is 1. The highest BCUT2D eigenvalue weighted by Gasteiger charge is 2.14. The molecule has 2 heteroatoms. The van der Waals surface area contributed by atoms with Gasteiger partial charge in [-0.1, -0.05) is 59.3 Å². The zero-order chi connectivity index (χ0) is 12.9. The topological polar surface area (TPSA) is 29.3 Å². The highest BCUT2D eigenvalue weighted by Crippen LogP contribution is 2.12. The molecule has 0 spiro atoms. The smallest absolute Gasteiger partial charge is 0.0218 e. The molecule has 0 rings (SSSR count). The van der Waals surface area contributed by atoms with Crippen molar-refractivity contribution < 1.29 is 0 Å². The minimum Gasteiger partial charge on any atom is -0.329 e. The lowest BCUT2D eigenvalue weighted by Gasteiger charge is -2.29. The van der Waals surface area contributed by atoms with Crippen molar-refractivity contribution in [2.75, 3.05) is 19.6 Å². The first-order chi connectivity index (χ1) is 8.29. The molecule has 17 heavy (non-hydrogen) atoms. The number of unbranched alkanes of at least 4 members (excludes halogenated alkanes) is 5. The van der Waals surface area contributed by atoms with Crippen molar-refractivity contribution in [1.29, 1.82) is 0 Å². The monoisotopic (exact) mass is 242 g/mol. The van der Waals surface area contributed by atoms with E-state index in [0.717, 1.165) is 13.1 Å². The van der Waals surface area contributed by atoms with E-state index in [1.54, 1.807) is 0 Å². The lowest BCUT2D eigenvalue weighted by Crippen LogP contribution is -2.41.